The van der Waals surface area contributed by atoms with Crippen molar-refractivity contribution in [2.24, 2.45) is 0 Å². The van der Waals surface area contributed by atoms with Gasteiger partial charge in [0.2, 0.25) is 11.0 Å². The topological polar surface area (TPSA) is 140 Å². The van der Waals surface area contributed by atoms with Crippen LogP contribution in [0.4, 0.5) is 16.8 Å². The van der Waals surface area contributed by atoms with Gasteiger partial charge >= 0.3 is 5.82 Å². The number of aromatic nitrogens is 3. The molecule has 136 valence electrons. The van der Waals surface area contributed by atoms with Crippen molar-refractivity contribution in [3.8, 4) is 5.75 Å². The van der Waals surface area contributed by atoms with E-state index in [-0.39, 0.29) is 30.6 Å². The standard InChI is InChI=1S/C14H14N6O5S/c1-7(2)13-17-18-14(26-13)16-10(21)5-19-11(22)6-25-8-3-4-9(20(23)24)15-12(8)19/h3-4,7H,5-6H2,1-2H3,(H,16,18,21). The summed E-state index contributed by atoms with van der Waals surface area (Å²) in [7, 11) is 0. The van der Waals surface area contributed by atoms with Gasteiger partial charge in [-0.3, -0.25) is 19.8 Å². The minimum absolute atomic E-state index is 0.0641. The Balaban J connectivity index is 1.78. The van der Waals surface area contributed by atoms with Gasteiger partial charge in [-0.05, 0) is 16.0 Å². The maximum atomic E-state index is 12.3. The molecule has 0 atom stereocenters. The summed E-state index contributed by atoms with van der Waals surface area (Å²) in [5.74, 6) is -1.19. The number of carbonyl (C=O) groups is 2. The summed E-state index contributed by atoms with van der Waals surface area (Å²) in [6.45, 7) is 3.25. The minimum Gasteiger partial charge on any atom is -0.477 e. The number of fused-ring (bicyclic) bond motifs is 1. The Morgan fingerprint density at radius 3 is 2.88 bits per heavy atom. The van der Waals surface area contributed by atoms with E-state index in [0.29, 0.717) is 5.13 Å². The zero-order valence-corrected chi connectivity index (χ0v) is 14.6. The Labute approximate surface area is 151 Å². The number of ether oxygens (including phenoxy) is 1. The van der Waals surface area contributed by atoms with Gasteiger partial charge in [-0.2, -0.15) is 0 Å². The number of carbonyl (C=O) groups excluding carboxylic acids is 2. The van der Waals surface area contributed by atoms with Gasteiger partial charge in [-0.25, -0.2) is 0 Å². The van der Waals surface area contributed by atoms with Crippen molar-refractivity contribution in [2.45, 2.75) is 19.8 Å². The van der Waals surface area contributed by atoms with Gasteiger partial charge < -0.3 is 14.9 Å². The predicted molar refractivity (Wildman–Crippen MR) is 91.4 cm³/mol. The zero-order valence-electron chi connectivity index (χ0n) is 13.8. The summed E-state index contributed by atoms with van der Waals surface area (Å²) in [5.41, 5.74) is 0. The second kappa shape index (κ2) is 7.00. The monoisotopic (exact) mass is 378 g/mol. The largest absolute Gasteiger partial charge is 0.477 e. The van der Waals surface area contributed by atoms with Gasteiger partial charge in [0.15, 0.2) is 12.4 Å². The van der Waals surface area contributed by atoms with Gasteiger partial charge in [0.1, 0.15) is 11.6 Å². The van der Waals surface area contributed by atoms with E-state index in [1.165, 1.54) is 23.5 Å². The number of rotatable bonds is 5. The van der Waals surface area contributed by atoms with Crippen LogP contribution in [-0.4, -0.2) is 45.1 Å². The van der Waals surface area contributed by atoms with Gasteiger partial charge in [-0.1, -0.05) is 25.2 Å². The molecule has 3 rings (SSSR count). The molecule has 12 heteroatoms. The highest BCUT2D eigenvalue weighted by molar-refractivity contribution is 7.15. The number of hydrogen-bond acceptors (Lipinski definition) is 9. The van der Waals surface area contributed by atoms with Crippen LogP contribution in [0.25, 0.3) is 0 Å². The first-order chi connectivity index (χ1) is 12.3. The van der Waals surface area contributed by atoms with Crippen LogP contribution in [0.1, 0.15) is 24.8 Å². The first-order valence-electron chi connectivity index (χ1n) is 7.57. The molecule has 0 spiro atoms. The Hall–Kier alpha value is -3.15. The summed E-state index contributed by atoms with van der Waals surface area (Å²) in [4.78, 5) is 39.4. The van der Waals surface area contributed by atoms with E-state index in [4.69, 9.17) is 4.74 Å². The van der Waals surface area contributed by atoms with Crippen LogP contribution in [0.3, 0.4) is 0 Å². The highest BCUT2D eigenvalue weighted by atomic mass is 32.1. The van der Waals surface area contributed by atoms with E-state index in [1.54, 1.807) is 0 Å². The van der Waals surface area contributed by atoms with Crippen LogP contribution in [0.15, 0.2) is 12.1 Å². The fourth-order valence-corrected chi connectivity index (χ4v) is 2.91. The average Bonchev–Trinajstić information content (AvgIpc) is 3.05. The van der Waals surface area contributed by atoms with Gasteiger partial charge in [0, 0.05) is 12.0 Å². The van der Waals surface area contributed by atoms with Crippen molar-refractivity contribution in [3.63, 3.8) is 0 Å². The lowest BCUT2D eigenvalue weighted by Gasteiger charge is -2.24. The highest BCUT2D eigenvalue weighted by Crippen LogP contribution is 2.32. The molecule has 0 radical (unpaired) electrons. The zero-order chi connectivity index (χ0) is 18.8. The smallest absolute Gasteiger partial charge is 0.366 e. The minimum atomic E-state index is -0.688. The summed E-state index contributed by atoms with van der Waals surface area (Å²) < 4.78 is 5.20. The molecule has 3 heterocycles. The van der Waals surface area contributed by atoms with E-state index >= 15 is 0 Å². The van der Waals surface area contributed by atoms with Crippen LogP contribution in [0.2, 0.25) is 0 Å². The number of amides is 2. The highest BCUT2D eigenvalue weighted by Gasteiger charge is 2.33. The normalized spacial score (nSPS) is 13.3. The van der Waals surface area contributed by atoms with Crippen molar-refractivity contribution >= 4 is 39.9 Å². The predicted octanol–water partition coefficient (Wildman–Crippen LogP) is 1.33. The number of nitro groups is 1. The van der Waals surface area contributed by atoms with Crippen molar-refractivity contribution in [3.05, 3.63) is 27.3 Å². The second-order valence-electron chi connectivity index (χ2n) is 5.67. The number of nitrogens with one attached hydrogen (secondary N) is 1. The second-order valence-corrected chi connectivity index (χ2v) is 6.67. The van der Waals surface area contributed by atoms with Gasteiger partial charge in [-0.15, -0.1) is 10.2 Å². The third-order valence-electron chi connectivity index (χ3n) is 3.40. The van der Waals surface area contributed by atoms with E-state index in [9.17, 15) is 19.7 Å². The first kappa shape index (κ1) is 17.7. The molecular weight excluding hydrogens is 364 g/mol. The molecule has 1 aliphatic heterocycles. The van der Waals surface area contributed by atoms with Gasteiger partial charge in [0.25, 0.3) is 11.7 Å². The van der Waals surface area contributed by atoms with Crippen LogP contribution in [0, 0.1) is 10.1 Å². The fraction of sp³-hybridized carbons (Fsp3) is 0.357. The Kier molecular flexibility index (Phi) is 4.75. The molecule has 0 aromatic carbocycles. The molecule has 1 aliphatic rings. The summed E-state index contributed by atoms with van der Waals surface area (Å²) >= 11 is 1.24. The number of hydrogen-bond donors (Lipinski definition) is 1. The number of pyridine rings is 1. The molecule has 2 amide bonds. The molecule has 0 saturated heterocycles. The lowest BCUT2D eigenvalue weighted by molar-refractivity contribution is -0.389. The molecule has 1 N–H and O–H groups in total. The van der Waals surface area contributed by atoms with Crippen molar-refractivity contribution < 1.29 is 19.2 Å². The van der Waals surface area contributed by atoms with E-state index in [1.807, 2.05) is 13.8 Å². The summed E-state index contributed by atoms with van der Waals surface area (Å²) in [5, 5.41) is 22.4. The molecule has 2 aromatic rings. The summed E-state index contributed by atoms with van der Waals surface area (Å²) in [6.07, 6.45) is 0. The molecule has 11 nitrogen and oxygen atoms in total. The molecule has 0 aliphatic carbocycles. The number of anilines is 2. The Bertz CT molecular complexity index is 882. The molecule has 0 saturated carbocycles. The van der Waals surface area contributed by atoms with Crippen LogP contribution < -0.4 is 15.0 Å². The molecular formula is C14H14N6O5S. The molecule has 26 heavy (non-hydrogen) atoms. The Morgan fingerprint density at radius 2 is 2.23 bits per heavy atom. The molecule has 0 bridgehead atoms. The maximum Gasteiger partial charge on any atom is 0.366 e. The van der Waals surface area contributed by atoms with E-state index < -0.39 is 22.6 Å². The summed E-state index contributed by atoms with van der Waals surface area (Å²) in [6, 6.07) is 2.51. The van der Waals surface area contributed by atoms with Gasteiger partial charge in [0.05, 0.1) is 0 Å². The molecule has 0 fully saturated rings. The van der Waals surface area contributed by atoms with Crippen molar-refractivity contribution in [1.82, 2.24) is 15.2 Å². The lowest BCUT2D eigenvalue weighted by atomic mass is 10.2. The quantitative estimate of drug-likeness (QED) is 0.607. The van der Waals surface area contributed by atoms with Crippen molar-refractivity contribution in [2.75, 3.05) is 23.4 Å². The maximum absolute atomic E-state index is 12.3. The fourth-order valence-electron chi connectivity index (χ4n) is 2.15. The Morgan fingerprint density at radius 1 is 1.46 bits per heavy atom. The van der Waals surface area contributed by atoms with Crippen LogP contribution in [-0.2, 0) is 9.59 Å². The average molecular weight is 378 g/mol. The van der Waals surface area contributed by atoms with E-state index in [0.717, 1.165) is 9.91 Å². The van der Waals surface area contributed by atoms with Crippen LogP contribution >= 0.6 is 11.3 Å². The van der Waals surface area contributed by atoms with E-state index in [2.05, 4.69) is 20.5 Å². The van der Waals surface area contributed by atoms with Crippen molar-refractivity contribution in [1.29, 1.82) is 0 Å². The third kappa shape index (κ3) is 3.59. The van der Waals surface area contributed by atoms with Crippen LogP contribution in [0.5, 0.6) is 5.75 Å². The first-order valence-corrected chi connectivity index (χ1v) is 8.38. The number of nitrogens with zero attached hydrogens (tertiary/aromatic N) is 5. The third-order valence-corrected chi connectivity index (χ3v) is 4.54. The molecule has 2 aromatic heterocycles. The lowest BCUT2D eigenvalue weighted by Crippen LogP contribution is -2.44. The molecule has 0 unspecified atom stereocenters. The SMILES string of the molecule is CC(C)c1nnc(NC(=O)CN2C(=O)COc3ccc([N+](=O)[O-])nc32)s1.